The number of aryl methyl sites for hydroxylation is 2. The zero-order chi connectivity index (χ0) is 17.4. The fourth-order valence-corrected chi connectivity index (χ4v) is 2.90. The van der Waals surface area contributed by atoms with Crippen LogP contribution in [0.1, 0.15) is 37.1 Å². The van der Waals surface area contributed by atoms with Crippen molar-refractivity contribution >= 4 is 17.2 Å². The van der Waals surface area contributed by atoms with E-state index in [1.54, 1.807) is 11.7 Å². The van der Waals surface area contributed by atoms with Gasteiger partial charge < -0.3 is 15.2 Å². The Balaban J connectivity index is 0.000000182. The van der Waals surface area contributed by atoms with Crippen LogP contribution in [0.3, 0.4) is 0 Å². The molecule has 1 aromatic heterocycles. The number of nitrogens with zero attached hydrogens (tertiary/aromatic N) is 1. The van der Waals surface area contributed by atoms with Crippen LogP contribution in [-0.2, 0) is 17.6 Å². The number of ether oxygens (including phenoxy) is 1. The molecule has 0 aliphatic carbocycles. The molecule has 2 aromatic rings. The van der Waals surface area contributed by atoms with Crippen LogP contribution < -0.4 is 10.1 Å². The molecular weight excluding hydrogens is 324 g/mol. The fraction of sp³-hybridized carbons (Fsp3) is 0.444. The molecule has 0 bridgehead atoms. The van der Waals surface area contributed by atoms with E-state index in [4.69, 9.17) is 4.74 Å². The van der Waals surface area contributed by atoms with Gasteiger partial charge in [-0.25, -0.2) is 0 Å². The van der Waals surface area contributed by atoms with Crippen molar-refractivity contribution in [2.75, 3.05) is 6.61 Å². The van der Waals surface area contributed by atoms with E-state index < -0.39 is 5.72 Å². The highest BCUT2D eigenvalue weighted by Gasteiger charge is 2.15. The van der Waals surface area contributed by atoms with E-state index in [2.05, 4.69) is 22.4 Å². The molecule has 0 unspecified atom stereocenters. The van der Waals surface area contributed by atoms with Crippen LogP contribution in [0.5, 0.6) is 5.75 Å². The lowest BCUT2D eigenvalue weighted by molar-refractivity contribution is -0.126. The molecule has 1 aliphatic rings. The Labute approximate surface area is 146 Å². The highest BCUT2D eigenvalue weighted by molar-refractivity contribution is 7.09. The maximum absolute atomic E-state index is 11.3. The Kier molecular flexibility index (Phi) is 6.75. The number of hydrogen-bond acceptors (Lipinski definition) is 5. The van der Waals surface area contributed by atoms with Gasteiger partial charge >= 0.3 is 0 Å². The first kappa shape index (κ1) is 18.4. The number of benzene rings is 1. The molecule has 0 fully saturated rings. The first-order valence-corrected chi connectivity index (χ1v) is 8.93. The summed E-state index contributed by atoms with van der Waals surface area (Å²) in [5.74, 6) is 0.930. The minimum absolute atomic E-state index is 0.147. The number of amides is 1. The van der Waals surface area contributed by atoms with Gasteiger partial charge in [0.05, 0.1) is 12.1 Å². The predicted molar refractivity (Wildman–Crippen MR) is 95.1 cm³/mol. The molecule has 1 aromatic carbocycles. The molecule has 0 radical (unpaired) electrons. The van der Waals surface area contributed by atoms with Crippen molar-refractivity contribution in [3.63, 3.8) is 0 Å². The number of fused-ring (bicyclic) bond motifs is 1. The number of para-hydroxylation sites is 1. The third-order valence-corrected chi connectivity index (χ3v) is 4.19. The molecule has 1 aliphatic heterocycles. The van der Waals surface area contributed by atoms with E-state index >= 15 is 0 Å². The van der Waals surface area contributed by atoms with Gasteiger partial charge in [-0.05, 0) is 44.7 Å². The number of rotatable bonds is 4. The molecule has 0 saturated carbocycles. The zero-order valence-electron chi connectivity index (χ0n) is 14.1. The van der Waals surface area contributed by atoms with Gasteiger partial charge in [-0.1, -0.05) is 18.2 Å². The Morgan fingerprint density at radius 2 is 2.21 bits per heavy atom. The topological polar surface area (TPSA) is 71.5 Å². The maximum Gasteiger partial charge on any atom is 0.222 e. The number of carbonyl (C=O) groups is 1. The maximum atomic E-state index is 11.3. The van der Waals surface area contributed by atoms with Crippen LogP contribution in [0.4, 0.5) is 0 Å². The second-order valence-electron chi connectivity index (χ2n) is 6.13. The SMILES string of the molecule is CC(C)(O)NC(=O)CCc1cncs1.c1ccc2c(c1)CCCO2. The highest BCUT2D eigenvalue weighted by Crippen LogP contribution is 2.23. The van der Waals surface area contributed by atoms with Crippen molar-refractivity contribution in [2.24, 2.45) is 0 Å². The summed E-state index contributed by atoms with van der Waals surface area (Å²) >= 11 is 1.53. The van der Waals surface area contributed by atoms with Gasteiger partial charge in [-0.2, -0.15) is 0 Å². The Hall–Kier alpha value is -1.92. The molecule has 130 valence electrons. The smallest absolute Gasteiger partial charge is 0.222 e. The van der Waals surface area contributed by atoms with E-state index in [0.29, 0.717) is 12.8 Å². The Bertz CT molecular complexity index is 611. The normalized spacial score (nSPS) is 13.1. The van der Waals surface area contributed by atoms with Crippen LogP contribution in [0.2, 0.25) is 0 Å². The molecule has 0 saturated heterocycles. The highest BCUT2D eigenvalue weighted by atomic mass is 32.1. The van der Waals surface area contributed by atoms with Gasteiger partial charge in [-0.15, -0.1) is 11.3 Å². The van der Waals surface area contributed by atoms with E-state index in [1.807, 2.05) is 12.1 Å². The molecule has 0 spiro atoms. The van der Waals surface area contributed by atoms with Gasteiger partial charge in [0.25, 0.3) is 0 Å². The van der Waals surface area contributed by atoms with Crippen LogP contribution in [0.15, 0.2) is 36.0 Å². The minimum atomic E-state index is -1.13. The van der Waals surface area contributed by atoms with E-state index in [0.717, 1.165) is 23.7 Å². The van der Waals surface area contributed by atoms with Crippen molar-refractivity contribution < 1.29 is 14.6 Å². The average Bonchev–Trinajstić information content (AvgIpc) is 3.06. The molecular formula is C18H24N2O3S. The molecule has 3 rings (SSSR count). The standard InChI is InChI=1S/C9H14N2O2S.C9H10O/c1-9(2,13)11-8(12)4-3-7-5-10-6-14-7;1-2-6-9-8(4-1)5-3-7-10-9/h5-6,13H,3-4H2,1-2H3,(H,11,12);1-2,4,6H,3,5,7H2. The van der Waals surface area contributed by atoms with Crippen molar-refractivity contribution in [1.29, 1.82) is 0 Å². The summed E-state index contributed by atoms with van der Waals surface area (Å²) in [6.07, 6.45) is 5.15. The molecule has 5 nitrogen and oxygen atoms in total. The Morgan fingerprint density at radius 1 is 1.42 bits per heavy atom. The second kappa shape index (κ2) is 8.80. The van der Waals surface area contributed by atoms with Crippen molar-refractivity contribution in [2.45, 2.75) is 45.3 Å². The fourth-order valence-electron chi connectivity index (χ4n) is 2.30. The largest absolute Gasteiger partial charge is 0.493 e. The lowest BCUT2D eigenvalue weighted by Crippen LogP contribution is -2.43. The average molecular weight is 348 g/mol. The molecule has 24 heavy (non-hydrogen) atoms. The van der Waals surface area contributed by atoms with E-state index in [1.165, 1.54) is 37.2 Å². The van der Waals surface area contributed by atoms with Gasteiger partial charge in [0.1, 0.15) is 11.5 Å². The van der Waals surface area contributed by atoms with Gasteiger partial charge in [0.2, 0.25) is 5.91 Å². The van der Waals surface area contributed by atoms with Crippen LogP contribution in [0.25, 0.3) is 0 Å². The van der Waals surface area contributed by atoms with E-state index in [-0.39, 0.29) is 5.91 Å². The zero-order valence-corrected chi connectivity index (χ0v) is 14.9. The number of carbonyl (C=O) groups excluding carboxylic acids is 1. The molecule has 2 heterocycles. The van der Waals surface area contributed by atoms with E-state index in [9.17, 15) is 9.90 Å². The molecule has 1 amide bonds. The summed E-state index contributed by atoms with van der Waals surface area (Å²) in [6.45, 7) is 3.96. The third-order valence-electron chi connectivity index (χ3n) is 3.35. The first-order chi connectivity index (χ1) is 11.4. The van der Waals surface area contributed by atoms with Crippen LogP contribution in [0, 0.1) is 0 Å². The number of hydrogen-bond donors (Lipinski definition) is 2. The molecule has 2 N–H and O–H groups in total. The van der Waals surface area contributed by atoms with Gasteiger partial charge in [-0.3, -0.25) is 9.78 Å². The summed E-state index contributed by atoms with van der Waals surface area (Å²) in [4.78, 5) is 16.3. The lowest BCUT2D eigenvalue weighted by atomic mass is 10.1. The van der Waals surface area contributed by atoms with Gasteiger partial charge in [0.15, 0.2) is 0 Å². The third kappa shape index (κ3) is 6.68. The number of aliphatic hydroxyl groups is 1. The predicted octanol–water partition coefficient (Wildman–Crippen LogP) is 2.93. The number of nitrogens with one attached hydrogen (secondary N) is 1. The summed E-state index contributed by atoms with van der Waals surface area (Å²) in [7, 11) is 0. The summed E-state index contributed by atoms with van der Waals surface area (Å²) in [5, 5.41) is 11.8. The molecule has 6 heteroatoms. The summed E-state index contributed by atoms with van der Waals surface area (Å²) < 4.78 is 5.42. The van der Waals surface area contributed by atoms with Crippen molar-refractivity contribution in [1.82, 2.24) is 10.3 Å². The number of thiazole rings is 1. The minimum Gasteiger partial charge on any atom is -0.493 e. The van der Waals surface area contributed by atoms with Crippen LogP contribution in [-0.4, -0.2) is 28.3 Å². The first-order valence-electron chi connectivity index (χ1n) is 8.05. The second-order valence-corrected chi connectivity index (χ2v) is 7.11. The van der Waals surface area contributed by atoms with Crippen molar-refractivity contribution in [3.05, 3.63) is 46.4 Å². The summed E-state index contributed by atoms with van der Waals surface area (Å²) in [5.41, 5.74) is 1.96. The quantitative estimate of drug-likeness (QED) is 0.834. The molecule has 0 atom stereocenters. The van der Waals surface area contributed by atoms with Crippen molar-refractivity contribution in [3.8, 4) is 5.75 Å². The monoisotopic (exact) mass is 348 g/mol. The summed E-state index contributed by atoms with van der Waals surface area (Å²) in [6, 6.07) is 8.25. The Morgan fingerprint density at radius 3 is 2.88 bits per heavy atom. The van der Waals surface area contributed by atoms with Crippen LogP contribution >= 0.6 is 11.3 Å². The lowest BCUT2D eigenvalue weighted by Gasteiger charge is -2.18. The number of aromatic nitrogens is 1. The van der Waals surface area contributed by atoms with Gasteiger partial charge in [0, 0.05) is 17.5 Å².